The van der Waals surface area contributed by atoms with Gasteiger partial charge < -0.3 is 19.7 Å². The van der Waals surface area contributed by atoms with Gasteiger partial charge in [-0.25, -0.2) is 9.78 Å². The van der Waals surface area contributed by atoms with E-state index in [1.807, 2.05) is 31.2 Å². The highest BCUT2D eigenvalue weighted by Gasteiger charge is 2.36. The number of benzene rings is 2. The molecule has 3 heterocycles. The fourth-order valence-electron chi connectivity index (χ4n) is 3.84. The number of carbonyl (C=O) groups excluding carboxylic acids is 2. The van der Waals surface area contributed by atoms with Gasteiger partial charge in [-0.05, 0) is 38.1 Å². The zero-order chi connectivity index (χ0) is 22.9. The molecule has 1 unspecified atom stereocenters. The van der Waals surface area contributed by atoms with Crippen molar-refractivity contribution in [1.29, 1.82) is 0 Å². The quantitative estimate of drug-likeness (QED) is 0.455. The van der Waals surface area contributed by atoms with Crippen molar-refractivity contribution >= 4 is 17.5 Å². The van der Waals surface area contributed by atoms with Gasteiger partial charge in [-0.15, -0.1) is 0 Å². The minimum absolute atomic E-state index is 0.0310. The van der Waals surface area contributed by atoms with Gasteiger partial charge in [0, 0.05) is 23.2 Å². The van der Waals surface area contributed by atoms with E-state index in [9.17, 15) is 9.59 Å². The van der Waals surface area contributed by atoms with E-state index in [0.29, 0.717) is 35.9 Å². The number of amides is 2. The van der Waals surface area contributed by atoms with Crippen molar-refractivity contribution in [3.63, 3.8) is 0 Å². The number of aromatic nitrogens is 4. The number of aromatic amines is 1. The lowest BCUT2D eigenvalue weighted by Gasteiger charge is -2.32. The van der Waals surface area contributed by atoms with Crippen molar-refractivity contribution in [3.05, 3.63) is 83.3 Å². The van der Waals surface area contributed by atoms with E-state index in [0.717, 1.165) is 22.5 Å². The summed E-state index contributed by atoms with van der Waals surface area (Å²) in [6.45, 7) is 3.84. The molecule has 1 aliphatic rings. The van der Waals surface area contributed by atoms with Crippen LogP contribution < -0.4 is 5.32 Å². The Balaban J connectivity index is 1.42. The van der Waals surface area contributed by atoms with Crippen LogP contribution in [0.5, 0.6) is 0 Å². The molecule has 1 atom stereocenters. The van der Waals surface area contributed by atoms with Crippen LogP contribution in [0, 0.1) is 6.92 Å². The predicted molar refractivity (Wildman–Crippen MR) is 121 cm³/mol. The Morgan fingerprint density at radius 2 is 1.88 bits per heavy atom. The van der Waals surface area contributed by atoms with Crippen molar-refractivity contribution < 1.29 is 14.1 Å². The molecule has 2 aromatic carbocycles. The normalized spacial score (nSPS) is 15.2. The van der Waals surface area contributed by atoms with Crippen molar-refractivity contribution in [2.75, 3.05) is 5.32 Å². The molecule has 0 fully saturated rings. The molecule has 5 rings (SSSR count). The average Bonchev–Trinajstić information content (AvgIpc) is 3.48. The first-order chi connectivity index (χ1) is 16.0. The summed E-state index contributed by atoms with van der Waals surface area (Å²) in [5.74, 6) is 0.788. The molecule has 2 N–H and O–H groups in total. The van der Waals surface area contributed by atoms with Crippen molar-refractivity contribution in [3.8, 4) is 11.4 Å². The van der Waals surface area contributed by atoms with Crippen LogP contribution in [-0.4, -0.2) is 36.8 Å². The summed E-state index contributed by atoms with van der Waals surface area (Å²) < 4.78 is 5.59. The smallest absolute Gasteiger partial charge is 0.322 e. The number of nitrogens with zero attached hydrogens (tertiary/aromatic N) is 4. The lowest BCUT2D eigenvalue weighted by atomic mass is 10.0. The summed E-state index contributed by atoms with van der Waals surface area (Å²) in [4.78, 5) is 38.5. The monoisotopic (exact) mass is 442 g/mol. The molecule has 9 nitrogen and oxygen atoms in total. The number of hydrogen-bond acceptors (Lipinski definition) is 6. The van der Waals surface area contributed by atoms with Crippen molar-refractivity contribution in [2.45, 2.75) is 32.9 Å². The third kappa shape index (κ3) is 4.12. The Hall–Kier alpha value is -4.27. The van der Waals surface area contributed by atoms with E-state index < -0.39 is 6.04 Å². The van der Waals surface area contributed by atoms with Crippen LogP contribution in [0.25, 0.3) is 11.4 Å². The number of carbonyl (C=O) groups is 2. The van der Waals surface area contributed by atoms with Crippen LogP contribution in [0.3, 0.4) is 0 Å². The molecule has 9 heteroatoms. The van der Waals surface area contributed by atoms with Crippen molar-refractivity contribution in [2.24, 2.45) is 0 Å². The van der Waals surface area contributed by atoms with E-state index in [-0.39, 0.29) is 11.8 Å². The van der Waals surface area contributed by atoms with Crippen LogP contribution in [0.1, 0.15) is 46.2 Å². The number of nitrogens with one attached hydrogen (secondary N) is 2. The lowest BCUT2D eigenvalue weighted by Crippen LogP contribution is -2.41. The Bertz CT molecular complexity index is 1310. The molecule has 0 radical (unpaired) electrons. The molecule has 2 aromatic heterocycles. The fraction of sp³-hybridized carbons (Fsp3) is 0.208. The first kappa shape index (κ1) is 20.6. The van der Waals surface area contributed by atoms with Gasteiger partial charge in [-0.3, -0.25) is 4.79 Å². The number of imidazole rings is 1. The number of fused-ring (bicyclic) bond motifs is 1. The third-order valence-corrected chi connectivity index (χ3v) is 5.74. The number of rotatable bonds is 4. The second-order valence-corrected chi connectivity index (χ2v) is 8.06. The van der Waals surface area contributed by atoms with Gasteiger partial charge in [0.05, 0.1) is 24.3 Å². The minimum Gasteiger partial charge on any atom is -0.347 e. The van der Waals surface area contributed by atoms with E-state index in [4.69, 9.17) is 4.52 Å². The Labute approximate surface area is 189 Å². The van der Waals surface area contributed by atoms with E-state index in [2.05, 4.69) is 25.4 Å². The number of anilines is 1. The molecule has 2 amide bonds. The average molecular weight is 442 g/mol. The van der Waals surface area contributed by atoms with Crippen LogP contribution >= 0.6 is 0 Å². The Morgan fingerprint density at radius 1 is 1.12 bits per heavy atom. The highest BCUT2D eigenvalue weighted by atomic mass is 16.5. The fourth-order valence-corrected chi connectivity index (χ4v) is 3.84. The summed E-state index contributed by atoms with van der Waals surface area (Å²) >= 11 is 0. The molecule has 0 aliphatic carbocycles. The largest absolute Gasteiger partial charge is 0.347 e. The van der Waals surface area contributed by atoms with Crippen LogP contribution in [-0.2, 0) is 13.0 Å². The Kier molecular flexibility index (Phi) is 5.21. The standard InChI is InChI=1S/C24H22N6O3/c1-14-3-5-17(6-4-14)22-28-23(33-29-22)21-11-19-20(26-13-25-19)12-30(21)24(32)27-18-9-7-16(8-10-18)15(2)31/h3-10,13,21H,11-12H2,1-2H3,(H,25,26)(H,27,32). The van der Waals surface area contributed by atoms with Gasteiger partial charge in [0.2, 0.25) is 11.7 Å². The van der Waals surface area contributed by atoms with Gasteiger partial charge in [-0.1, -0.05) is 35.0 Å². The summed E-state index contributed by atoms with van der Waals surface area (Å²) in [5, 5.41) is 7.03. The summed E-state index contributed by atoms with van der Waals surface area (Å²) in [6, 6.07) is 13.8. The maximum absolute atomic E-state index is 13.2. The topological polar surface area (TPSA) is 117 Å². The summed E-state index contributed by atoms with van der Waals surface area (Å²) in [7, 11) is 0. The van der Waals surface area contributed by atoms with Gasteiger partial charge >= 0.3 is 6.03 Å². The number of Topliss-reactive ketones (excluding diaryl/α,β-unsaturated/α-hetero) is 1. The zero-order valence-corrected chi connectivity index (χ0v) is 18.2. The predicted octanol–water partition coefficient (Wildman–Crippen LogP) is 4.30. The van der Waals surface area contributed by atoms with Gasteiger partial charge in [0.25, 0.3) is 0 Å². The molecule has 4 aromatic rings. The molecule has 0 saturated heterocycles. The lowest BCUT2D eigenvalue weighted by molar-refractivity contribution is 0.101. The number of aryl methyl sites for hydroxylation is 1. The zero-order valence-electron chi connectivity index (χ0n) is 18.2. The Morgan fingerprint density at radius 3 is 2.61 bits per heavy atom. The van der Waals surface area contributed by atoms with Crippen LogP contribution in [0.2, 0.25) is 0 Å². The minimum atomic E-state index is -0.469. The SMILES string of the molecule is CC(=O)c1ccc(NC(=O)N2Cc3[nH]cnc3CC2c2nc(-c3ccc(C)cc3)no2)cc1. The molecule has 1 aliphatic heterocycles. The molecule has 0 spiro atoms. The molecule has 166 valence electrons. The summed E-state index contributed by atoms with van der Waals surface area (Å²) in [6.07, 6.45) is 2.07. The first-order valence-electron chi connectivity index (χ1n) is 10.6. The number of ketones is 1. The molecule has 0 bridgehead atoms. The van der Waals surface area contributed by atoms with E-state index in [1.165, 1.54) is 6.92 Å². The number of urea groups is 1. The van der Waals surface area contributed by atoms with Crippen molar-refractivity contribution in [1.82, 2.24) is 25.0 Å². The molecule has 0 saturated carbocycles. The maximum atomic E-state index is 13.2. The number of hydrogen-bond donors (Lipinski definition) is 2. The summed E-state index contributed by atoms with van der Waals surface area (Å²) in [5.41, 5.74) is 4.88. The molecule has 33 heavy (non-hydrogen) atoms. The van der Waals surface area contributed by atoms with Gasteiger partial charge in [0.1, 0.15) is 6.04 Å². The number of H-pyrrole nitrogens is 1. The van der Waals surface area contributed by atoms with Gasteiger partial charge in [-0.2, -0.15) is 4.98 Å². The highest BCUT2D eigenvalue weighted by Crippen LogP contribution is 2.32. The first-order valence-corrected chi connectivity index (χ1v) is 10.6. The second kappa shape index (κ2) is 8.34. The van der Waals surface area contributed by atoms with Crippen LogP contribution in [0.4, 0.5) is 10.5 Å². The van der Waals surface area contributed by atoms with E-state index >= 15 is 0 Å². The van der Waals surface area contributed by atoms with Crippen LogP contribution in [0.15, 0.2) is 59.4 Å². The highest BCUT2D eigenvalue weighted by molar-refractivity contribution is 5.95. The molecular weight excluding hydrogens is 420 g/mol. The maximum Gasteiger partial charge on any atom is 0.322 e. The second-order valence-electron chi connectivity index (χ2n) is 8.06. The van der Waals surface area contributed by atoms with Gasteiger partial charge in [0.15, 0.2) is 5.78 Å². The third-order valence-electron chi connectivity index (χ3n) is 5.74. The van der Waals surface area contributed by atoms with E-state index in [1.54, 1.807) is 35.5 Å². The molecular formula is C24H22N6O3.